The molecule has 2 N–H and O–H groups in total. The number of hydrogen-bond donors (Lipinski definition) is 1. The summed E-state index contributed by atoms with van der Waals surface area (Å²) in [4.78, 5) is 13.7. The first-order valence-corrected chi connectivity index (χ1v) is 7.73. The third-order valence-electron chi connectivity index (χ3n) is 3.68. The van der Waals surface area contributed by atoms with Crippen LogP contribution in [0.1, 0.15) is 38.7 Å². The predicted octanol–water partition coefficient (Wildman–Crippen LogP) is 3.53. The van der Waals surface area contributed by atoms with Crippen LogP contribution in [-0.2, 0) is 4.74 Å². The monoisotopic (exact) mass is 328 g/mol. The second-order valence-corrected chi connectivity index (χ2v) is 7.07. The van der Waals surface area contributed by atoms with E-state index in [4.69, 9.17) is 22.1 Å². The number of halogens is 2. The number of amides is 1. The molecule has 1 amide bonds. The summed E-state index contributed by atoms with van der Waals surface area (Å²) in [6.45, 7) is 6.41. The van der Waals surface area contributed by atoms with Crippen LogP contribution in [0.3, 0.4) is 0 Å². The van der Waals surface area contributed by atoms with Gasteiger partial charge in [0.1, 0.15) is 11.4 Å². The summed E-state index contributed by atoms with van der Waals surface area (Å²) in [5, 5.41) is 0.100. The maximum Gasteiger partial charge on any atom is 0.410 e. The van der Waals surface area contributed by atoms with E-state index in [9.17, 15) is 9.18 Å². The Kier molecular flexibility index (Phi) is 4.97. The zero-order valence-electron chi connectivity index (χ0n) is 13.1. The number of nitrogens with zero attached hydrogens (tertiary/aromatic N) is 1. The van der Waals surface area contributed by atoms with Crippen molar-refractivity contribution in [3.8, 4) is 0 Å². The summed E-state index contributed by atoms with van der Waals surface area (Å²) >= 11 is 5.71. The minimum Gasteiger partial charge on any atom is -0.444 e. The van der Waals surface area contributed by atoms with Crippen molar-refractivity contribution in [1.29, 1.82) is 0 Å². The molecule has 0 aliphatic carbocycles. The van der Waals surface area contributed by atoms with E-state index in [1.54, 1.807) is 17.0 Å². The molecule has 1 aromatic carbocycles. The Morgan fingerprint density at radius 2 is 2.14 bits per heavy atom. The van der Waals surface area contributed by atoms with Crippen molar-refractivity contribution in [2.24, 2.45) is 5.73 Å². The summed E-state index contributed by atoms with van der Waals surface area (Å²) in [6, 6.07) is 4.50. The van der Waals surface area contributed by atoms with Crippen molar-refractivity contribution in [1.82, 2.24) is 4.90 Å². The van der Waals surface area contributed by atoms with Crippen LogP contribution in [0.5, 0.6) is 0 Å². The lowest BCUT2D eigenvalue weighted by Crippen LogP contribution is -2.50. The molecular weight excluding hydrogens is 307 g/mol. The highest BCUT2D eigenvalue weighted by Crippen LogP contribution is 2.30. The predicted molar refractivity (Wildman–Crippen MR) is 84.6 cm³/mol. The zero-order chi connectivity index (χ0) is 16.5. The van der Waals surface area contributed by atoms with Crippen molar-refractivity contribution in [3.05, 3.63) is 34.6 Å². The first-order valence-electron chi connectivity index (χ1n) is 7.36. The lowest BCUT2D eigenvalue weighted by atomic mass is 9.86. The molecule has 0 radical (unpaired) electrons. The van der Waals surface area contributed by atoms with Gasteiger partial charge in [0.25, 0.3) is 0 Å². The molecule has 1 saturated heterocycles. The van der Waals surface area contributed by atoms with Gasteiger partial charge >= 0.3 is 6.09 Å². The van der Waals surface area contributed by atoms with Crippen LogP contribution < -0.4 is 5.73 Å². The third-order valence-corrected chi connectivity index (χ3v) is 3.99. The number of piperidine rings is 1. The van der Waals surface area contributed by atoms with E-state index in [-0.39, 0.29) is 23.1 Å². The highest BCUT2D eigenvalue weighted by atomic mass is 35.5. The highest BCUT2D eigenvalue weighted by molar-refractivity contribution is 6.30. The number of hydrogen-bond acceptors (Lipinski definition) is 3. The average molecular weight is 329 g/mol. The van der Waals surface area contributed by atoms with Crippen LogP contribution in [0.2, 0.25) is 5.02 Å². The van der Waals surface area contributed by atoms with Crippen molar-refractivity contribution in [2.75, 3.05) is 13.1 Å². The molecule has 2 atom stereocenters. The van der Waals surface area contributed by atoms with Crippen LogP contribution in [0, 0.1) is 5.82 Å². The van der Waals surface area contributed by atoms with E-state index in [0.717, 1.165) is 5.56 Å². The second kappa shape index (κ2) is 6.42. The minimum absolute atomic E-state index is 0.00505. The Bertz CT molecular complexity index is 560. The van der Waals surface area contributed by atoms with Gasteiger partial charge in [-0.05, 0) is 44.9 Å². The Balaban J connectivity index is 2.03. The van der Waals surface area contributed by atoms with Gasteiger partial charge in [-0.15, -0.1) is 0 Å². The van der Waals surface area contributed by atoms with E-state index in [2.05, 4.69) is 0 Å². The number of ether oxygens (including phenoxy) is 1. The van der Waals surface area contributed by atoms with Gasteiger partial charge in [0.2, 0.25) is 0 Å². The molecule has 122 valence electrons. The van der Waals surface area contributed by atoms with Crippen molar-refractivity contribution in [2.45, 2.75) is 44.8 Å². The largest absolute Gasteiger partial charge is 0.444 e. The Morgan fingerprint density at radius 1 is 1.45 bits per heavy atom. The van der Waals surface area contributed by atoms with Gasteiger partial charge < -0.3 is 15.4 Å². The topological polar surface area (TPSA) is 55.6 Å². The SMILES string of the molecule is CC(C)(C)OC(=O)N1CC[C@H](c2ccc(Cl)c(F)c2)[C@H](N)C1. The highest BCUT2D eigenvalue weighted by Gasteiger charge is 2.32. The molecule has 0 bridgehead atoms. The maximum atomic E-state index is 13.6. The van der Waals surface area contributed by atoms with Crippen LogP contribution in [-0.4, -0.2) is 35.7 Å². The number of nitrogens with two attached hydrogens (primary N) is 1. The molecule has 1 fully saturated rings. The Hall–Kier alpha value is -1.33. The van der Waals surface area contributed by atoms with Crippen LogP contribution >= 0.6 is 11.6 Å². The van der Waals surface area contributed by atoms with Gasteiger partial charge in [-0.25, -0.2) is 9.18 Å². The number of benzene rings is 1. The van der Waals surface area contributed by atoms with E-state index in [1.165, 1.54) is 6.07 Å². The standard InChI is InChI=1S/C16H22ClFN2O2/c1-16(2,3)22-15(21)20-7-6-11(14(19)9-20)10-4-5-12(17)13(18)8-10/h4-5,8,11,14H,6-7,9,19H2,1-3H3/t11-,14-/m1/s1. The summed E-state index contributed by atoms with van der Waals surface area (Å²) in [5.41, 5.74) is 6.47. The molecule has 0 saturated carbocycles. The summed E-state index contributed by atoms with van der Waals surface area (Å²) < 4.78 is 18.9. The van der Waals surface area contributed by atoms with Gasteiger partial charge in [0.05, 0.1) is 5.02 Å². The molecule has 1 heterocycles. The van der Waals surface area contributed by atoms with Gasteiger partial charge in [0, 0.05) is 25.0 Å². The van der Waals surface area contributed by atoms with E-state index < -0.39 is 11.4 Å². The molecule has 0 unspecified atom stereocenters. The molecule has 1 aromatic rings. The molecule has 22 heavy (non-hydrogen) atoms. The fourth-order valence-electron chi connectivity index (χ4n) is 2.63. The first-order chi connectivity index (χ1) is 10.2. The molecule has 1 aliphatic heterocycles. The van der Waals surface area contributed by atoms with Gasteiger partial charge in [-0.1, -0.05) is 17.7 Å². The summed E-state index contributed by atoms with van der Waals surface area (Å²) in [7, 11) is 0. The van der Waals surface area contributed by atoms with Gasteiger partial charge in [-0.2, -0.15) is 0 Å². The van der Waals surface area contributed by atoms with Gasteiger partial charge in [-0.3, -0.25) is 0 Å². The smallest absolute Gasteiger partial charge is 0.410 e. The lowest BCUT2D eigenvalue weighted by molar-refractivity contribution is 0.0186. The number of likely N-dealkylation sites (tertiary alicyclic amines) is 1. The van der Waals surface area contributed by atoms with Crippen molar-refractivity contribution < 1.29 is 13.9 Å². The molecule has 0 aromatic heterocycles. The normalized spacial score (nSPS) is 22.5. The first kappa shape index (κ1) is 17.0. The minimum atomic E-state index is -0.530. The Labute approximate surface area is 135 Å². The number of rotatable bonds is 1. The van der Waals surface area contributed by atoms with Crippen LogP contribution in [0.15, 0.2) is 18.2 Å². The van der Waals surface area contributed by atoms with E-state index in [0.29, 0.717) is 19.5 Å². The van der Waals surface area contributed by atoms with Crippen molar-refractivity contribution >= 4 is 17.7 Å². The maximum absolute atomic E-state index is 13.6. The molecule has 2 rings (SSSR count). The van der Waals surface area contributed by atoms with E-state index in [1.807, 2.05) is 20.8 Å². The van der Waals surface area contributed by atoms with Crippen LogP contribution in [0.25, 0.3) is 0 Å². The van der Waals surface area contributed by atoms with Crippen molar-refractivity contribution in [3.63, 3.8) is 0 Å². The second-order valence-electron chi connectivity index (χ2n) is 6.66. The fraction of sp³-hybridized carbons (Fsp3) is 0.562. The van der Waals surface area contributed by atoms with E-state index >= 15 is 0 Å². The molecule has 1 aliphatic rings. The summed E-state index contributed by atoms with van der Waals surface area (Å²) in [6.07, 6.45) is 0.310. The molecule has 4 nitrogen and oxygen atoms in total. The quantitative estimate of drug-likeness (QED) is 0.858. The zero-order valence-corrected chi connectivity index (χ0v) is 13.9. The fourth-order valence-corrected chi connectivity index (χ4v) is 2.75. The molecule has 0 spiro atoms. The summed E-state index contributed by atoms with van der Waals surface area (Å²) in [5.74, 6) is -0.439. The molecule has 6 heteroatoms. The third kappa shape index (κ3) is 4.11. The molecular formula is C16H22ClFN2O2. The average Bonchev–Trinajstić information content (AvgIpc) is 2.40. The Morgan fingerprint density at radius 3 is 2.68 bits per heavy atom. The van der Waals surface area contributed by atoms with Crippen LogP contribution in [0.4, 0.5) is 9.18 Å². The number of carbonyl (C=O) groups is 1. The number of carbonyl (C=O) groups excluding carboxylic acids is 1. The van der Waals surface area contributed by atoms with Gasteiger partial charge in [0.15, 0.2) is 0 Å². The lowest BCUT2D eigenvalue weighted by Gasteiger charge is -2.37.